The van der Waals surface area contributed by atoms with Gasteiger partial charge in [-0.25, -0.2) is 9.59 Å². The number of hydrogen-bond acceptors (Lipinski definition) is 13. The fourth-order valence-electron chi connectivity index (χ4n) is 12.5. The van der Waals surface area contributed by atoms with E-state index in [1.54, 1.807) is 0 Å². The average molecular weight is 975 g/mol. The van der Waals surface area contributed by atoms with Crippen molar-refractivity contribution < 1.29 is 107 Å². The molecule has 3 aliphatic heterocycles. The molecule has 0 amide bonds. The fraction of sp³-hybridized carbons (Fsp3) is 0.907. The van der Waals surface area contributed by atoms with Crippen molar-refractivity contribution in [2.75, 3.05) is 26.4 Å². The summed E-state index contributed by atoms with van der Waals surface area (Å²) in [6.07, 6.45) is -13.9. The van der Waals surface area contributed by atoms with Gasteiger partial charge in [-0.3, -0.25) is 0 Å². The van der Waals surface area contributed by atoms with E-state index >= 15 is 17.6 Å². The largest absolute Gasteiger partial charge is 0.456 e. The molecule has 380 valence electrons. The number of aliphatic hydroxyl groups is 3. The summed E-state index contributed by atoms with van der Waals surface area (Å²) >= 11 is 0. The molecule has 0 spiro atoms. The summed E-state index contributed by atoms with van der Waals surface area (Å²) in [5, 5.41) is 31.6. The first-order valence-electron chi connectivity index (χ1n) is 21.3. The van der Waals surface area contributed by atoms with Gasteiger partial charge in [0.1, 0.15) is 5.60 Å². The molecule has 10 unspecified atom stereocenters. The smallest absolute Gasteiger partial charge is 0.449 e. The Balaban J connectivity index is 1.56. The quantitative estimate of drug-likeness (QED) is 0.0953. The van der Waals surface area contributed by atoms with E-state index in [4.69, 9.17) is 33.2 Å². The highest BCUT2D eigenvalue weighted by Crippen LogP contribution is 2.80. The molecule has 0 aromatic rings. The Morgan fingerprint density at radius 1 is 0.606 bits per heavy atom. The highest BCUT2D eigenvalue weighted by molar-refractivity contribution is 5.88. The van der Waals surface area contributed by atoms with Crippen LogP contribution in [-0.2, 0) is 47.5 Å². The monoisotopic (exact) mass is 974 g/mol. The summed E-state index contributed by atoms with van der Waals surface area (Å²) in [5.74, 6) is -23.2. The third kappa shape index (κ3) is 7.51. The van der Waals surface area contributed by atoms with E-state index in [9.17, 15) is 51.3 Å². The molecule has 7 rings (SSSR count). The number of esters is 2. The van der Waals surface area contributed by atoms with Gasteiger partial charge in [0.05, 0.1) is 42.2 Å². The minimum Gasteiger partial charge on any atom is -0.456 e. The number of alkyl halides is 10. The lowest BCUT2D eigenvalue weighted by atomic mass is 9.31. The highest BCUT2D eigenvalue weighted by atomic mass is 19.4. The lowest BCUT2D eigenvalue weighted by Crippen LogP contribution is -2.78. The Bertz CT molecular complexity index is 2010. The lowest BCUT2D eigenvalue weighted by Gasteiger charge is -2.77. The molecule has 13 nitrogen and oxygen atoms in total. The molecule has 4 aliphatic carbocycles. The van der Waals surface area contributed by atoms with E-state index in [0.29, 0.717) is 6.92 Å². The van der Waals surface area contributed by atoms with E-state index in [2.05, 4.69) is 11.3 Å². The molecule has 10 atom stereocenters. The molecular formula is C43H60F10O13. The van der Waals surface area contributed by atoms with Gasteiger partial charge in [-0.1, -0.05) is 6.58 Å². The van der Waals surface area contributed by atoms with Crippen LogP contribution in [0.3, 0.4) is 0 Å². The van der Waals surface area contributed by atoms with Gasteiger partial charge in [0.15, 0.2) is 17.8 Å². The van der Waals surface area contributed by atoms with Crippen molar-refractivity contribution in [2.45, 2.75) is 202 Å². The van der Waals surface area contributed by atoms with Gasteiger partial charge in [-0.2, -0.15) is 43.9 Å². The van der Waals surface area contributed by atoms with Crippen LogP contribution in [0, 0.1) is 16.2 Å². The zero-order chi connectivity index (χ0) is 50.7. The Labute approximate surface area is 375 Å². The number of hydrogen-bond donors (Lipinski definition) is 3. The molecule has 3 N–H and O–H groups in total. The first kappa shape index (κ1) is 53.0. The van der Waals surface area contributed by atoms with Crippen LogP contribution in [-0.4, -0.2) is 134 Å². The molecule has 0 radical (unpaired) electrons. The fourth-order valence-corrected chi connectivity index (χ4v) is 12.5. The highest BCUT2D eigenvalue weighted by Gasteiger charge is 2.85. The normalized spacial score (nSPS) is 43.3. The predicted molar refractivity (Wildman–Crippen MR) is 205 cm³/mol. The molecule has 0 aromatic heterocycles. The Morgan fingerprint density at radius 2 is 1.03 bits per heavy atom. The van der Waals surface area contributed by atoms with Gasteiger partial charge in [0.25, 0.3) is 5.79 Å². The third-order valence-corrected chi connectivity index (χ3v) is 15.9. The van der Waals surface area contributed by atoms with Gasteiger partial charge >= 0.3 is 41.9 Å². The number of rotatable bonds is 13. The molecule has 23 heteroatoms. The number of ether oxygens (including phenoxy) is 8. The van der Waals surface area contributed by atoms with Gasteiger partial charge in [-0.05, 0) is 115 Å². The molecular weight excluding hydrogens is 914 g/mol. The molecule has 7 aliphatic rings. The van der Waals surface area contributed by atoms with Crippen molar-refractivity contribution in [1.82, 2.24) is 0 Å². The molecule has 3 heterocycles. The van der Waals surface area contributed by atoms with Gasteiger partial charge in [0, 0.05) is 28.2 Å². The number of halogens is 10. The third-order valence-electron chi connectivity index (χ3n) is 15.9. The van der Waals surface area contributed by atoms with Crippen LogP contribution in [0.15, 0.2) is 12.2 Å². The van der Waals surface area contributed by atoms with Crippen molar-refractivity contribution in [3.05, 3.63) is 12.2 Å². The summed E-state index contributed by atoms with van der Waals surface area (Å²) in [6, 6.07) is 0. The van der Waals surface area contributed by atoms with Crippen LogP contribution in [0.25, 0.3) is 0 Å². The van der Waals surface area contributed by atoms with E-state index in [0.717, 1.165) is 13.8 Å². The first-order valence-corrected chi connectivity index (χ1v) is 21.3. The SMILES string of the molecule is C=C(C)C(=O)OCC(=O)OC12CC3(C(C)(C)OC4(C)COC(O)(C(F)(F)F)C4)CC(C(C)(C)OC4(C)COC(C)(O)C4(F)F)(C1)CC(C(C)(C)OC1(C)COC(O)(C(F)(F)F)C1(F)F)(C2)C3. The Kier molecular flexibility index (Phi) is 11.7. The van der Waals surface area contributed by atoms with Gasteiger partial charge in [0.2, 0.25) is 5.79 Å². The zero-order valence-corrected chi connectivity index (χ0v) is 38.7. The molecule has 66 heavy (non-hydrogen) atoms. The van der Waals surface area contributed by atoms with Crippen LogP contribution in [0.5, 0.6) is 0 Å². The Morgan fingerprint density at radius 3 is 1.39 bits per heavy atom. The van der Waals surface area contributed by atoms with Crippen molar-refractivity contribution in [1.29, 1.82) is 0 Å². The van der Waals surface area contributed by atoms with Crippen molar-refractivity contribution in [2.24, 2.45) is 16.2 Å². The summed E-state index contributed by atoms with van der Waals surface area (Å²) in [4.78, 5) is 26.3. The van der Waals surface area contributed by atoms with Gasteiger partial charge < -0.3 is 53.2 Å². The first-order chi connectivity index (χ1) is 29.2. The van der Waals surface area contributed by atoms with Crippen LogP contribution >= 0.6 is 0 Å². The second-order valence-corrected chi connectivity index (χ2v) is 22.3. The molecule has 0 aromatic carbocycles. The minimum atomic E-state index is -6.03. The van der Waals surface area contributed by atoms with E-state index in [-0.39, 0.29) is 44.1 Å². The lowest BCUT2D eigenvalue weighted by molar-refractivity contribution is -0.416. The van der Waals surface area contributed by atoms with Crippen LogP contribution in [0.4, 0.5) is 43.9 Å². The summed E-state index contributed by atoms with van der Waals surface area (Å²) in [5.41, 5.74) is -20.4. The standard InChI is InChI=1S/C43H60F10O13/c1-24(2)26(55)59-13-25(54)63-37-18-34(27(3,4)64-30(9)14-38(57,61-21-30)42(48,49)50)15-35(19-37,28(5,6)65-31(10)22-60-33(12,56)39(31,44)45)17-36(16-34,20-37)29(7,8)66-32(11)23-62-41(58,40(32,46)47)43(51,52)53/h56-58H,1,13-23H2,2-12H3. The zero-order valence-electron chi connectivity index (χ0n) is 38.7. The maximum absolute atomic E-state index is 16.3. The second kappa shape index (κ2) is 14.6. The van der Waals surface area contributed by atoms with Crippen LogP contribution in [0.2, 0.25) is 0 Å². The van der Waals surface area contributed by atoms with Gasteiger partial charge in [-0.15, -0.1) is 0 Å². The molecule has 3 saturated heterocycles. The van der Waals surface area contributed by atoms with Crippen LogP contribution in [0.1, 0.15) is 121 Å². The van der Waals surface area contributed by atoms with Crippen LogP contribution < -0.4 is 0 Å². The number of carbonyl (C=O) groups excluding carboxylic acids is 2. The van der Waals surface area contributed by atoms with Crippen molar-refractivity contribution in [3.63, 3.8) is 0 Å². The van der Waals surface area contributed by atoms with E-state index in [1.165, 1.54) is 55.4 Å². The molecule has 4 bridgehead atoms. The predicted octanol–water partition coefficient (Wildman–Crippen LogP) is 7.35. The topological polar surface area (TPSA) is 169 Å². The summed E-state index contributed by atoms with van der Waals surface area (Å²) in [7, 11) is 0. The van der Waals surface area contributed by atoms with E-state index in [1.807, 2.05) is 0 Å². The maximum atomic E-state index is 16.3. The minimum absolute atomic E-state index is 0.0910. The number of carbonyl (C=O) groups is 2. The molecule has 7 fully saturated rings. The average Bonchev–Trinajstić information content (AvgIpc) is 3.58. The van der Waals surface area contributed by atoms with Crippen molar-refractivity contribution in [3.8, 4) is 0 Å². The second-order valence-electron chi connectivity index (χ2n) is 22.3. The summed E-state index contributed by atoms with van der Waals surface area (Å²) < 4.78 is 195. The maximum Gasteiger partial charge on any atom is 0.449 e. The molecule has 4 saturated carbocycles. The Hall–Kier alpha value is -2.38. The van der Waals surface area contributed by atoms with E-state index < -0.39 is 142 Å². The van der Waals surface area contributed by atoms with Crippen molar-refractivity contribution >= 4 is 11.9 Å². The summed E-state index contributed by atoms with van der Waals surface area (Å²) in [6.45, 7) is 12.5.